The monoisotopic (exact) mass is 322 g/mol. The van der Waals surface area contributed by atoms with Gasteiger partial charge in [-0.2, -0.15) is 0 Å². The van der Waals surface area contributed by atoms with Crippen molar-refractivity contribution < 1.29 is 19.4 Å². The molecule has 0 radical (unpaired) electrons. The lowest BCUT2D eigenvalue weighted by Crippen LogP contribution is -2.51. The molecule has 1 unspecified atom stereocenters. The number of carbonyl (C=O) groups excluding carboxylic acids is 2. The molecule has 0 saturated carbocycles. The first kappa shape index (κ1) is 19.0. The highest BCUT2D eigenvalue weighted by molar-refractivity contribution is 5.82. The van der Waals surface area contributed by atoms with E-state index in [-0.39, 0.29) is 6.04 Å². The van der Waals surface area contributed by atoms with Crippen molar-refractivity contribution in [3.05, 3.63) is 35.9 Å². The molecule has 1 aromatic rings. The Hall–Kier alpha value is -2.08. The average Bonchev–Trinajstić information content (AvgIpc) is 2.58. The minimum atomic E-state index is -1.33. The van der Waals surface area contributed by atoms with E-state index in [2.05, 4.69) is 15.4 Å². The van der Waals surface area contributed by atoms with E-state index in [4.69, 9.17) is 0 Å². The van der Waals surface area contributed by atoms with Crippen LogP contribution in [-0.2, 0) is 9.53 Å². The number of benzene rings is 1. The zero-order valence-corrected chi connectivity index (χ0v) is 13.9. The lowest BCUT2D eigenvalue weighted by atomic mass is 10.0. The van der Waals surface area contributed by atoms with Crippen LogP contribution in [0, 0.1) is 0 Å². The predicted molar refractivity (Wildman–Crippen MR) is 87.9 cm³/mol. The van der Waals surface area contributed by atoms with Crippen LogP contribution in [0.25, 0.3) is 0 Å². The Balaban J connectivity index is 2.67. The number of alkyl carbamates (subject to hydrolysis) is 1. The maximum absolute atomic E-state index is 12.2. The Morgan fingerprint density at radius 3 is 2.43 bits per heavy atom. The minimum Gasteiger partial charge on any atom is -0.453 e. The number of aliphatic hydroxyl groups is 1. The molecule has 2 amide bonds. The van der Waals surface area contributed by atoms with Gasteiger partial charge in [0, 0.05) is 0 Å². The number of amides is 2. The van der Waals surface area contributed by atoms with Gasteiger partial charge in [0.1, 0.15) is 0 Å². The summed E-state index contributed by atoms with van der Waals surface area (Å²) in [4.78, 5) is 23.6. The fraction of sp³-hybridized carbons (Fsp3) is 0.529. The molecule has 23 heavy (non-hydrogen) atoms. The summed E-state index contributed by atoms with van der Waals surface area (Å²) in [5, 5.41) is 15.5. The fourth-order valence-corrected chi connectivity index (χ4v) is 2.25. The number of nitrogens with one attached hydrogen (secondary N) is 2. The molecule has 0 aliphatic heterocycles. The smallest absolute Gasteiger partial charge is 0.407 e. The number of carbonyl (C=O) groups is 2. The maximum atomic E-state index is 12.2. The van der Waals surface area contributed by atoms with Crippen LogP contribution in [0.15, 0.2) is 30.3 Å². The molecular weight excluding hydrogens is 296 g/mol. The third kappa shape index (κ3) is 6.28. The molecule has 6 heteroatoms. The number of unbranched alkanes of at least 4 members (excludes halogenated alkanes) is 1. The van der Waals surface area contributed by atoms with Crippen molar-refractivity contribution in [3.63, 3.8) is 0 Å². The summed E-state index contributed by atoms with van der Waals surface area (Å²) in [6, 6.07) is 8.56. The van der Waals surface area contributed by atoms with Gasteiger partial charge >= 0.3 is 6.09 Å². The highest BCUT2D eigenvalue weighted by Gasteiger charge is 2.28. The highest BCUT2D eigenvalue weighted by atomic mass is 16.5. The molecule has 6 nitrogen and oxygen atoms in total. The van der Waals surface area contributed by atoms with E-state index in [1.54, 1.807) is 0 Å². The molecule has 128 valence electrons. The number of hydrogen-bond donors (Lipinski definition) is 3. The largest absolute Gasteiger partial charge is 0.453 e. The normalized spacial score (nSPS) is 14.4. The summed E-state index contributed by atoms with van der Waals surface area (Å²) in [6.07, 6.45) is 0.196. The second-order valence-electron chi connectivity index (χ2n) is 5.47. The second-order valence-corrected chi connectivity index (χ2v) is 5.47. The van der Waals surface area contributed by atoms with E-state index in [0.29, 0.717) is 6.42 Å². The zero-order chi connectivity index (χ0) is 17.2. The Labute approximate surface area is 137 Å². The molecule has 3 N–H and O–H groups in total. The van der Waals surface area contributed by atoms with Crippen LogP contribution in [0.3, 0.4) is 0 Å². The third-order valence-electron chi connectivity index (χ3n) is 3.67. The van der Waals surface area contributed by atoms with E-state index in [0.717, 1.165) is 18.4 Å². The number of aliphatic hydroxyl groups excluding tert-OH is 1. The van der Waals surface area contributed by atoms with Gasteiger partial charge < -0.3 is 20.5 Å². The number of methoxy groups -OCH3 is 1. The standard InChI is InChI=1S/C17H26N2O4/c1-4-5-11-14(19-17(22)23-3)15(20)16(21)18-12(2)13-9-7-6-8-10-13/h6-10,12,14-15,20H,4-5,11H2,1-3H3,(H,18,21)(H,19,22)/t12-,14+,15?/m1/s1. The topological polar surface area (TPSA) is 87.7 Å². The highest BCUT2D eigenvalue weighted by Crippen LogP contribution is 2.13. The van der Waals surface area contributed by atoms with E-state index in [9.17, 15) is 14.7 Å². The van der Waals surface area contributed by atoms with Crippen molar-refractivity contribution in [2.45, 2.75) is 51.3 Å². The van der Waals surface area contributed by atoms with E-state index in [1.807, 2.05) is 44.2 Å². The first-order valence-electron chi connectivity index (χ1n) is 7.87. The zero-order valence-electron chi connectivity index (χ0n) is 13.9. The van der Waals surface area contributed by atoms with Crippen molar-refractivity contribution in [1.82, 2.24) is 10.6 Å². The van der Waals surface area contributed by atoms with Crippen LogP contribution in [0.5, 0.6) is 0 Å². The molecule has 3 atom stereocenters. The first-order chi connectivity index (χ1) is 11.0. The predicted octanol–water partition coefficient (Wildman–Crippen LogP) is 2.14. The Kier molecular flexibility index (Phi) is 8.11. The molecule has 1 rings (SSSR count). The Bertz CT molecular complexity index is 493. The average molecular weight is 322 g/mol. The van der Waals surface area contributed by atoms with Crippen molar-refractivity contribution >= 4 is 12.0 Å². The Morgan fingerprint density at radius 1 is 1.22 bits per heavy atom. The molecular formula is C17H26N2O4. The van der Waals surface area contributed by atoms with Crippen LogP contribution in [0.1, 0.15) is 44.7 Å². The van der Waals surface area contributed by atoms with E-state index >= 15 is 0 Å². The van der Waals surface area contributed by atoms with Gasteiger partial charge in [0.2, 0.25) is 0 Å². The SMILES string of the molecule is CCCC[C@H](NC(=O)OC)C(O)C(=O)N[C@H](C)c1ccccc1. The molecule has 0 aromatic heterocycles. The molecule has 0 aliphatic carbocycles. The summed E-state index contributed by atoms with van der Waals surface area (Å²) in [6.45, 7) is 3.84. The van der Waals surface area contributed by atoms with Gasteiger partial charge in [-0.05, 0) is 18.9 Å². The molecule has 0 aliphatic rings. The Morgan fingerprint density at radius 2 is 1.87 bits per heavy atom. The summed E-state index contributed by atoms with van der Waals surface area (Å²) in [5.74, 6) is -0.515. The van der Waals surface area contributed by atoms with Crippen LogP contribution >= 0.6 is 0 Å². The van der Waals surface area contributed by atoms with Gasteiger partial charge in [-0.1, -0.05) is 50.1 Å². The maximum Gasteiger partial charge on any atom is 0.407 e. The third-order valence-corrected chi connectivity index (χ3v) is 3.67. The van der Waals surface area contributed by atoms with E-state index < -0.39 is 24.1 Å². The number of hydrogen-bond acceptors (Lipinski definition) is 4. The quantitative estimate of drug-likeness (QED) is 0.684. The molecule has 1 aromatic carbocycles. The lowest BCUT2D eigenvalue weighted by molar-refractivity contribution is -0.131. The molecule has 0 heterocycles. The van der Waals surface area contributed by atoms with Crippen molar-refractivity contribution in [3.8, 4) is 0 Å². The molecule has 0 saturated heterocycles. The van der Waals surface area contributed by atoms with Gasteiger partial charge in [0.05, 0.1) is 19.2 Å². The van der Waals surface area contributed by atoms with Gasteiger partial charge in [0.15, 0.2) is 6.10 Å². The van der Waals surface area contributed by atoms with Crippen LogP contribution in [0.2, 0.25) is 0 Å². The van der Waals surface area contributed by atoms with Crippen molar-refractivity contribution in [2.75, 3.05) is 7.11 Å². The summed E-state index contributed by atoms with van der Waals surface area (Å²) >= 11 is 0. The summed E-state index contributed by atoms with van der Waals surface area (Å²) in [7, 11) is 1.25. The molecule has 0 fully saturated rings. The van der Waals surface area contributed by atoms with Crippen LogP contribution < -0.4 is 10.6 Å². The molecule has 0 spiro atoms. The van der Waals surface area contributed by atoms with Gasteiger partial charge in [-0.3, -0.25) is 4.79 Å². The summed E-state index contributed by atoms with van der Waals surface area (Å²) < 4.78 is 4.55. The molecule has 0 bridgehead atoms. The van der Waals surface area contributed by atoms with E-state index in [1.165, 1.54) is 7.11 Å². The van der Waals surface area contributed by atoms with Crippen LogP contribution in [-0.4, -0.2) is 36.4 Å². The minimum absolute atomic E-state index is 0.233. The van der Waals surface area contributed by atoms with Gasteiger partial charge in [0.25, 0.3) is 5.91 Å². The van der Waals surface area contributed by atoms with Crippen molar-refractivity contribution in [2.24, 2.45) is 0 Å². The lowest BCUT2D eigenvalue weighted by Gasteiger charge is -2.24. The van der Waals surface area contributed by atoms with Crippen LogP contribution in [0.4, 0.5) is 4.79 Å². The first-order valence-corrected chi connectivity index (χ1v) is 7.87. The number of ether oxygens (including phenoxy) is 1. The van der Waals surface area contributed by atoms with Gasteiger partial charge in [-0.15, -0.1) is 0 Å². The van der Waals surface area contributed by atoms with Gasteiger partial charge in [-0.25, -0.2) is 4.79 Å². The fourth-order valence-electron chi connectivity index (χ4n) is 2.25. The summed E-state index contributed by atoms with van der Waals surface area (Å²) in [5.41, 5.74) is 0.944. The number of rotatable bonds is 8. The van der Waals surface area contributed by atoms with Crippen molar-refractivity contribution in [1.29, 1.82) is 0 Å². The second kappa shape index (κ2) is 9.84.